The summed E-state index contributed by atoms with van der Waals surface area (Å²) in [4.78, 5) is 22.2. The molecule has 0 saturated carbocycles. The summed E-state index contributed by atoms with van der Waals surface area (Å²) >= 11 is 0. The molecule has 0 aliphatic rings. The molecule has 6 heteroatoms. The zero-order valence-electron chi connectivity index (χ0n) is 10.9. The fraction of sp³-hybridized carbons (Fsp3) is 0.583. The van der Waals surface area contributed by atoms with Gasteiger partial charge in [-0.3, -0.25) is 14.3 Å². The number of amides is 1. The quantitative estimate of drug-likeness (QED) is 0.803. The van der Waals surface area contributed by atoms with Crippen molar-refractivity contribution in [1.29, 1.82) is 0 Å². The van der Waals surface area contributed by atoms with Gasteiger partial charge < -0.3 is 10.4 Å². The molecule has 1 amide bonds. The van der Waals surface area contributed by atoms with Crippen molar-refractivity contribution < 1.29 is 14.7 Å². The summed E-state index contributed by atoms with van der Waals surface area (Å²) in [6.45, 7) is 3.71. The number of carbonyl (C=O) groups is 2. The summed E-state index contributed by atoms with van der Waals surface area (Å²) in [5.74, 6) is -1.23. The van der Waals surface area contributed by atoms with Gasteiger partial charge in [-0.2, -0.15) is 5.10 Å². The third-order valence-corrected chi connectivity index (χ3v) is 2.57. The number of anilines is 1. The Hall–Kier alpha value is -1.85. The molecule has 1 rings (SSSR count). The molecule has 0 bridgehead atoms. The first-order valence-corrected chi connectivity index (χ1v) is 5.96. The van der Waals surface area contributed by atoms with Gasteiger partial charge in [0.25, 0.3) is 0 Å². The Labute approximate surface area is 106 Å². The largest absolute Gasteiger partial charge is 0.481 e. The average Bonchev–Trinajstić information content (AvgIpc) is 2.56. The van der Waals surface area contributed by atoms with Gasteiger partial charge in [-0.1, -0.05) is 13.8 Å². The fourth-order valence-electron chi connectivity index (χ4n) is 1.79. The van der Waals surface area contributed by atoms with E-state index in [0.29, 0.717) is 5.69 Å². The molecule has 0 saturated heterocycles. The topological polar surface area (TPSA) is 84.2 Å². The van der Waals surface area contributed by atoms with Gasteiger partial charge in [-0.25, -0.2) is 0 Å². The first-order chi connectivity index (χ1) is 8.42. The van der Waals surface area contributed by atoms with Crippen molar-refractivity contribution >= 4 is 17.6 Å². The lowest BCUT2D eigenvalue weighted by Gasteiger charge is -2.08. The third-order valence-electron chi connectivity index (χ3n) is 2.57. The SMILES string of the molecule is CCc1nn(C)cc1NC(=O)CC(C)CC(=O)O. The summed E-state index contributed by atoms with van der Waals surface area (Å²) < 4.78 is 1.65. The zero-order valence-corrected chi connectivity index (χ0v) is 10.9. The highest BCUT2D eigenvalue weighted by molar-refractivity contribution is 5.91. The second kappa shape index (κ2) is 6.18. The fourth-order valence-corrected chi connectivity index (χ4v) is 1.79. The van der Waals surface area contributed by atoms with E-state index >= 15 is 0 Å². The van der Waals surface area contributed by atoms with Gasteiger partial charge in [0.05, 0.1) is 11.4 Å². The van der Waals surface area contributed by atoms with Crippen LogP contribution in [0.4, 0.5) is 5.69 Å². The summed E-state index contributed by atoms with van der Waals surface area (Å²) in [5, 5.41) is 15.6. The van der Waals surface area contributed by atoms with Crippen molar-refractivity contribution in [2.75, 3.05) is 5.32 Å². The lowest BCUT2D eigenvalue weighted by atomic mass is 10.0. The number of carboxylic acids is 1. The van der Waals surface area contributed by atoms with Crippen LogP contribution in [0.3, 0.4) is 0 Å². The summed E-state index contributed by atoms with van der Waals surface area (Å²) in [6.07, 6.45) is 2.69. The minimum absolute atomic E-state index is 0.00109. The molecule has 0 aromatic carbocycles. The highest BCUT2D eigenvalue weighted by Crippen LogP contribution is 2.15. The summed E-state index contributed by atoms with van der Waals surface area (Å²) in [6, 6.07) is 0. The van der Waals surface area contributed by atoms with Gasteiger partial charge in [0.1, 0.15) is 0 Å². The second-order valence-electron chi connectivity index (χ2n) is 4.47. The number of aromatic nitrogens is 2. The van der Waals surface area contributed by atoms with Crippen LogP contribution in [0, 0.1) is 5.92 Å². The van der Waals surface area contributed by atoms with Gasteiger partial charge >= 0.3 is 5.97 Å². The Kier molecular flexibility index (Phi) is 4.88. The smallest absolute Gasteiger partial charge is 0.303 e. The van der Waals surface area contributed by atoms with Gasteiger partial charge in [-0.15, -0.1) is 0 Å². The molecule has 100 valence electrons. The Balaban J connectivity index is 2.56. The minimum Gasteiger partial charge on any atom is -0.481 e. The first-order valence-electron chi connectivity index (χ1n) is 5.96. The van der Waals surface area contributed by atoms with Crippen molar-refractivity contribution in [3.8, 4) is 0 Å². The number of carboxylic acid groups (broad SMARTS) is 1. The van der Waals surface area contributed by atoms with E-state index in [2.05, 4.69) is 10.4 Å². The van der Waals surface area contributed by atoms with Crippen LogP contribution in [0.25, 0.3) is 0 Å². The molecule has 1 unspecified atom stereocenters. The van der Waals surface area contributed by atoms with Gasteiger partial charge in [0, 0.05) is 26.1 Å². The predicted molar refractivity (Wildman–Crippen MR) is 67.2 cm³/mol. The van der Waals surface area contributed by atoms with E-state index in [0.717, 1.165) is 12.1 Å². The van der Waals surface area contributed by atoms with Gasteiger partial charge in [0.15, 0.2) is 0 Å². The number of hydrogen-bond acceptors (Lipinski definition) is 3. The van der Waals surface area contributed by atoms with Crippen molar-refractivity contribution in [2.24, 2.45) is 13.0 Å². The van der Waals surface area contributed by atoms with Crippen LogP contribution < -0.4 is 5.32 Å². The number of carbonyl (C=O) groups excluding carboxylic acids is 1. The molecule has 0 aliphatic carbocycles. The van der Waals surface area contributed by atoms with Crippen molar-refractivity contribution in [2.45, 2.75) is 33.1 Å². The van der Waals surface area contributed by atoms with Crippen LogP contribution in [0.15, 0.2) is 6.20 Å². The van der Waals surface area contributed by atoms with E-state index in [1.54, 1.807) is 24.9 Å². The van der Waals surface area contributed by atoms with Crippen LogP contribution in [0.1, 0.15) is 32.4 Å². The molecule has 2 N–H and O–H groups in total. The van der Waals surface area contributed by atoms with E-state index in [4.69, 9.17) is 5.11 Å². The van der Waals surface area contributed by atoms with E-state index in [1.807, 2.05) is 6.92 Å². The van der Waals surface area contributed by atoms with E-state index in [1.165, 1.54) is 0 Å². The first kappa shape index (κ1) is 14.2. The highest BCUT2D eigenvalue weighted by atomic mass is 16.4. The predicted octanol–water partition coefficient (Wildman–Crippen LogP) is 1.42. The maximum absolute atomic E-state index is 11.7. The molecular weight excluding hydrogens is 234 g/mol. The Morgan fingerprint density at radius 3 is 2.72 bits per heavy atom. The molecule has 18 heavy (non-hydrogen) atoms. The lowest BCUT2D eigenvalue weighted by Crippen LogP contribution is -2.17. The normalized spacial score (nSPS) is 12.2. The minimum atomic E-state index is -0.883. The number of aliphatic carboxylic acids is 1. The number of hydrogen-bond donors (Lipinski definition) is 2. The Bertz CT molecular complexity index is 440. The molecule has 1 atom stereocenters. The van der Waals surface area contributed by atoms with Crippen LogP contribution in [-0.2, 0) is 23.1 Å². The zero-order chi connectivity index (χ0) is 13.7. The van der Waals surface area contributed by atoms with Crippen molar-refractivity contribution in [1.82, 2.24) is 9.78 Å². The molecule has 1 heterocycles. The molecule has 0 spiro atoms. The number of rotatable bonds is 6. The second-order valence-corrected chi connectivity index (χ2v) is 4.47. The molecule has 1 aromatic rings. The van der Waals surface area contributed by atoms with Gasteiger partial charge in [-0.05, 0) is 12.3 Å². The number of aryl methyl sites for hydroxylation is 2. The van der Waals surface area contributed by atoms with Crippen molar-refractivity contribution in [3.05, 3.63) is 11.9 Å². The molecule has 0 aliphatic heterocycles. The Morgan fingerprint density at radius 1 is 1.50 bits per heavy atom. The maximum atomic E-state index is 11.7. The van der Waals surface area contributed by atoms with E-state index in [9.17, 15) is 9.59 Å². The summed E-state index contributed by atoms with van der Waals surface area (Å²) in [5.41, 5.74) is 1.53. The summed E-state index contributed by atoms with van der Waals surface area (Å²) in [7, 11) is 1.79. The standard InChI is InChI=1S/C12H19N3O3/c1-4-9-10(7-15(3)14-9)13-11(16)5-8(2)6-12(17)18/h7-8H,4-6H2,1-3H3,(H,13,16)(H,17,18). The number of nitrogens with zero attached hydrogens (tertiary/aromatic N) is 2. The maximum Gasteiger partial charge on any atom is 0.303 e. The monoisotopic (exact) mass is 253 g/mol. The van der Waals surface area contributed by atoms with Crippen LogP contribution in [0.2, 0.25) is 0 Å². The third kappa shape index (κ3) is 4.20. The van der Waals surface area contributed by atoms with Crippen LogP contribution in [-0.4, -0.2) is 26.8 Å². The molecule has 1 aromatic heterocycles. The van der Waals surface area contributed by atoms with E-state index in [-0.39, 0.29) is 24.7 Å². The molecule has 6 nitrogen and oxygen atoms in total. The number of nitrogens with one attached hydrogen (secondary N) is 1. The molecule has 0 fully saturated rings. The molecular formula is C12H19N3O3. The van der Waals surface area contributed by atoms with Crippen LogP contribution in [0.5, 0.6) is 0 Å². The van der Waals surface area contributed by atoms with Gasteiger partial charge in [0.2, 0.25) is 5.91 Å². The average molecular weight is 253 g/mol. The van der Waals surface area contributed by atoms with Crippen molar-refractivity contribution in [3.63, 3.8) is 0 Å². The Morgan fingerprint density at radius 2 is 2.17 bits per heavy atom. The molecule has 0 radical (unpaired) electrons. The van der Waals surface area contributed by atoms with E-state index < -0.39 is 5.97 Å². The van der Waals surface area contributed by atoms with Crippen LogP contribution >= 0.6 is 0 Å². The highest BCUT2D eigenvalue weighted by Gasteiger charge is 2.14. The lowest BCUT2D eigenvalue weighted by molar-refractivity contribution is -0.138.